The maximum absolute atomic E-state index is 12.4. The van der Waals surface area contributed by atoms with Crippen LogP contribution in [0.1, 0.15) is 18.5 Å². The van der Waals surface area contributed by atoms with Crippen LogP contribution < -0.4 is 5.32 Å². The second-order valence-electron chi connectivity index (χ2n) is 5.76. The fourth-order valence-electron chi connectivity index (χ4n) is 2.73. The Labute approximate surface area is 143 Å². The molecule has 1 fully saturated rings. The SMILES string of the molecule is C=C/C=C(\C(=C)C)C(=O)NCC(c1cccnc1)N1CCOCC1. The highest BCUT2D eigenvalue weighted by atomic mass is 16.5. The molecule has 2 rings (SSSR count). The maximum Gasteiger partial charge on any atom is 0.251 e. The summed E-state index contributed by atoms with van der Waals surface area (Å²) in [5, 5.41) is 3.02. The minimum Gasteiger partial charge on any atom is -0.379 e. The first-order valence-corrected chi connectivity index (χ1v) is 8.12. The lowest BCUT2D eigenvalue weighted by atomic mass is 10.1. The van der Waals surface area contributed by atoms with Gasteiger partial charge in [0.2, 0.25) is 0 Å². The summed E-state index contributed by atoms with van der Waals surface area (Å²) in [6.07, 6.45) is 6.89. The van der Waals surface area contributed by atoms with E-state index >= 15 is 0 Å². The quantitative estimate of drug-likeness (QED) is 0.616. The number of allylic oxidation sites excluding steroid dienone is 2. The largest absolute Gasteiger partial charge is 0.379 e. The molecule has 1 aliphatic heterocycles. The van der Waals surface area contributed by atoms with Gasteiger partial charge in [0.15, 0.2) is 0 Å². The number of nitrogens with zero attached hydrogens (tertiary/aromatic N) is 2. The maximum atomic E-state index is 12.4. The molecule has 1 aliphatic rings. The van der Waals surface area contributed by atoms with Gasteiger partial charge in [0.1, 0.15) is 0 Å². The zero-order valence-electron chi connectivity index (χ0n) is 14.2. The molecule has 1 aromatic rings. The molecule has 0 saturated carbocycles. The number of nitrogens with one attached hydrogen (secondary N) is 1. The Morgan fingerprint density at radius 2 is 2.25 bits per heavy atom. The van der Waals surface area contributed by atoms with Gasteiger partial charge in [-0.15, -0.1) is 0 Å². The first kappa shape index (κ1) is 18.1. The Kier molecular flexibility index (Phi) is 6.90. The number of aromatic nitrogens is 1. The van der Waals surface area contributed by atoms with Crippen molar-refractivity contribution in [1.82, 2.24) is 15.2 Å². The molecule has 0 aliphatic carbocycles. The number of carbonyl (C=O) groups excluding carboxylic acids is 1. The van der Waals surface area contributed by atoms with Gasteiger partial charge in [-0.1, -0.05) is 25.3 Å². The molecule has 5 heteroatoms. The number of pyridine rings is 1. The van der Waals surface area contributed by atoms with Crippen molar-refractivity contribution in [3.63, 3.8) is 0 Å². The van der Waals surface area contributed by atoms with Crippen LogP contribution in [-0.2, 0) is 9.53 Å². The highest BCUT2D eigenvalue weighted by Crippen LogP contribution is 2.20. The lowest BCUT2D eigenvalue weighted by Crippen LogP contribution is -2.44. The molecule has 1 aromatic heterocycles. The van der Waals surface area contributed by atoms with Crippen molar-refractivity contribution in [3.8, 4) is 0 Å². The second-order valence-corrected chi connectivity index (χ2v) is 5.76. The molecule has 0 radical (unpaired) electrons. The first-order chi connectivity index (χ1) is 11.6. The van der Waals surface area contributed by atoms with Gasteiger partial charge >= 0.3 is 0 Å². The van der Waals surface area contributed by atoms with E-state index in [0.717, 1.165) is 24.2 Å². The lowest BCUT2D eigenvalue weighted by Gasteiger charge is -2.34. The van der Waals surface area contributed by atoms with E-state index in [0.29, 0.717) is 25.3 Å². The van der Waals surface area contributed by atoms with Gasteiger partial charge in [0.25, 0.3) is 5.91 Å². The molecule has 0 bridgehead atoms. The van der Waals surface area contributed by atoms with Gasteiger partial charge in [-0.25, -0.2) is 0 Å². The molecule has 1 N–H and O–H groups in total. The molecule has 1 unspecified atom stereocenters. The zero-order chi connectivity index (χ0) is 17.4. The molecule has 1 saturated heterocycles. The third kappa shape index (κ3) is 4.88. The van der Waals surface area contributed by atoms with Crippen LogP contribution in [0.4, 0.5) is 0 Å². The standard InChI is InChI=1S/C19H25N3O2/c1-4-6-17(15(2)3)19(23)21-14-18(16-7-5-8-20-13-16)22-9-11-24-12-10-22/h4-8,13,18H,1-2,9-12,14H2,3H3,(H,21,23)/b17-6+. The second kappa shape index (κ2) is 9.15. The highest BCUT2D eigenvalue weighted by Gasteiger charge is 2.23. The van der Waals surface area contributed by atoms with E-state index in [1.54, 1.807) is 18.3 Å². The summed E-state index contributed by atoms with van der Waals surface area (Å²) in [7, 11) is 0. The molecule has 5 nitrogen and oxygen atoms in total. The van der Waals surface area contributed by atoms with Gasteiger partial charge in [-0.3, -0.25) is 14.7 Å². The molecule has 1 amide bonds. The molecule has 128 valence electrons. The third-order valence-corrected chi connectivity index (χ3v) is 4.00. The molecular weight excluding hydrogens is 302 g/mol. The average Bonchev–Trinajstić information content (AvgIpc) is 2.61. The normalized spacial score (nSPS) is 17.1. The van der Waals surface area contributed by atoms with Crippen molar-refractivity contribution in [3.05, 3.63) is 66.5 Å². The predicted octanol–water partition coefficient (Wildman–Crippen LogP) is 2.26. The van der Waals surface area contributed by atoms with Crippen LogP contribution >= 0.6 is 0 Å². The van der Waals surface area contributed by atoms with E-state index in [9.17, 15) is 4.79 Å². The van der Waals surface area contributed by atoms with E-state index in [-0.39, 0.29) is 11.9 Å². The van der Waals surface area contributed by atoms with Gasteiger partial charge < -0.3 is 10.1 Å². The van der Waals surface area contributed by atoms with Crippen molar-refractivity contribution < 1.29 is 9.53 Å². The number of carbonyl (C=O) groups is 1. The summed E-state index contributed by atoms with van der Waals surface area (Å²) >= 11 is 0. The van der Waals surface area contributed by atoms with E-state index < -0.39 is 0 Å². The van der Waals surface area contributed by atoms with Gasteiger partial charge in [-0.2, -0.15) is 0 Å². The highest BCUT2D eigenvalue weighted by molar-refractivity contribution is 5.97. The monoisotopic (exact) mass is 327 g/mol. The number of ether oxygens (including phenoxy) is 1. The number of rotatable bonds is 7. The van der Waals surface area contributed by atoms with Crippen LogP contribution in [0.5, 0.6) is 0 Å². The first-order valence-electron chi connectivity index (χ1n) is 8.12. The van der Waals surface area contributed by atoms with Crippen LogP contribution in [-0.4, -0.2) is 48.6 Å². The lowest BCUT2D eigenvalue weighted by molar-refractivity contribution is -0.117. The van der Waals surface area contributed by atoms with Crippen molar-refractivity contribution in [1.29, 1.82) is 0 Å². The van der Waals surface area contributed by atoms with Crippen LogP contribution in [0.2, 0.25) is 0 Å². The minimum atomic E-state index is -0.135. The summed E-state index contributed by atoms with van der Waals surface area (Å²) < 4.78 is 5.44. The van der Waals surface area contributed by atoms with E-state index in [1.807, 2.05) is 25.3 Å². The van der Waals surface area contributed by atoms with Crippen LogP contribution in [0.25, 0.3) is 0 Å². The van der Waals surface area contributed by atoms with Crippen molar-refractivity contribution in [2.24, 2.45) is 0 Å². The average molecular weight is 327 g/mol. The molecular formula is C19H25N3O2. The number of hydrogen-bond acceptors (Lipinski definition) is 4. The Balaban J connectivity index is 2.11. The Hall–Kier alpha value is -2.24. The number of hydrogen-bond donors (Lipinski definition) is 1. The van der Waals surface area contributed by atoms with E-state index in [2.05, 4.69) is 28.4 Å². The molecule has 1 atom stereocenters. The van der Waals surface area contributed by atoms with Crippen LogP contribution in [0.3, 0.4) is 0 Å². The van der Waals surface area contributed by atoms with Gasteiger partial charge in [0, 0.05) is 37.6 Å². The number of amides is 1. The van der Waals surface area contributed by atoms with Crippen molar-refractivity contribution >= 4 is 5.91 Å². The Bertz CT molecular complexity index is 604. The van der Waals surface area contributed by atoms with Crippen LogP contribution in [0.15, 0.2) is 61.0 Å². The summed E-state index contributed by atoms with van der Waals surface area (Å²) in [4.78, 5) is 19.0. The fourth-order valence-corrected chi connectivity index (χ4v) is 2.73. The molecule has 2 heterocycles. The Morgan fingerprint density at radius 3 is 2.83 bits per heavy atom. The molecule has 0 aromatic carbocycles. The number of morpholine rings is 1. The summed E-state index contributed by atoms with van der Waals surface area (Å²) in [5.74, 6) is -0.135. The third-order valence-electron chi connectivity index (χ3n) is 4.00. The fraction of sp³-hybridized carbons (Fsp3) is 0.368. The summed E-state index contributed by atoms with van der Waals surface area (Å²) in [6, 6.07) is 4.03. The Morgan fingerprint density at radius 1 is 1.50 bits per heavy atom. The minimum absolute atomic E-state index is 0.0710. The smallest absolute Gasteiger partial charge is 0.251 e. The van der Waals surface area contributed by atoms with E-state index in [1.165, 1.54) is 0 Å². The molecule has 0 spiro atoms. The van der Waals surface area contributed by atoms with E-state index in [4.69, 9.17) is 4.74 Å². The van der Waals surface area contributed by atoms with Crippen molar-refractivity contribution in [2.45, 2.75) is 13.0 Å². The van der Waals surface area contributed by atoms with Gasteiger partial charge in [-0.05, 0) is 30.2 Å². The summed E-state index contributed by atoms with van der Waals surface area (Å²) in [5.41, 5.74) is 2.36. The predicted molar refractivity (Wildman–Crippen MR) is 95.5 cm³/mol. The summed E-state index contributed by atoms with van der Waals surface area (Å²) in [6.45, 7) is 12.9. The van der Waals surface area contributed by atoms with Gasteiger partial charge in [0.05, 0.1) is 19.3 Å². The topological polar surface area (TPSA) is 54.5 Å². The van der Waals surface area contributed by atoms with Crippen molar-refractivity contribution in [2.75, 3.05) is 32.8 Å². The molecule has 24 heavy (non-hydrogen) atoms. The zero-order valence-corrected chi connectivity index (χ0v) is 14.2. The van der Waals surface area contributed by atoms with Crippen LogP contribution in [0, 0.1) is 0 Å².